The molecule has 0 bridgehead atoms. The lowest BCUT2D eigenvalue weighted by atomic mass is 9.89. The van der Waals surface area contributed by atoms with Crippen molar-refractivity contribution in [2.45, 2.75) is 82.9 Å². The maximum Gasteiger partial charge on any atom is 0.0553 e. The Balaban J connectivity index is 1.54. The molecule has 21 heavy (non-hydrogen) atoms. The Morgan fingerprint density at radius 3 is 2.33 bits per heavy atom. The van der Waals surface area contributed by atoms with Crippen LogP contribution >= 0.6 is 0 Å². The van der Waals surface area contributed by atoms with Gasteiger partial charge in [-0.3, -0.25) is 0 Å². The Labute approximate surface area is 130 Å². The molecular weight excluding hydrogens is 260 g/mol. The van der Waals surface area contributed by atoms with Crippen molar-refractivity contribution >= 4 is 0 Å². The number of hydrogen-bond acceptors (Lipinski definition) is 3. The van der Waals surface area contributed by atoms with Crippen molar-refractivity contribution in [1.29, 1.82) is 0 Å². The Hall–Kier alpha value is -0.120. The van der Waals surface area contributed by atoms with Crippen LogP contribution in [0, 0.1) is 11.8 Å². The molecule has 122 valence electrons. The Morgan fingerprint density at radius 1 is 1.00 bits per heavy atom. The highest BCUT2D eigenvalue weighted by atomic mass is 16.3. The van der Waals surface area contributed by atoms with Gasteiger partial charge in [0.15, 0.2) is 0 Å². The second-order valence-corrected chi connectivity index (χ2v) is 7.95. The Morgan fingerprint density at radius 2 is 1.67 bits per heavy atom. The Kier molecular flexibility index (Phi) is 5.58. The van der Waals surface area contributed by atoms with E-state index >= 15 is 0 Å². The van der Waals surface area contributed by atoms with Crippen LogP contribution in [0.25, 0.3) is 0 Å². The fourth-order valence-corrected chi connectivity index (χ4v) is 4.84. The molecule has 0 spiro atoms. The van der Waals surface area contributed by atoms with Gasteiger partial charge in [0, 0.05) is 31.7 Å². The van der Waals surface area contributed by atoms with Gasteiger partial charge in [0.1, 0.15) is 0 Å². The van der Waals surface area contributed by atoms with Gasteiger partial charge in [0.2, 0.25) is 0 Å². The van der Waals surface area contributed by atoms with E-state index in [0.29, 0.717) is 12.0 Å². The molecule has 2 N–H and O–H groups in total. The summed E-state index contributed by atoms with van der Waals surface area (Å²) in [5, 5.41) is 14.0. The number of hydrogen-bond donors (Lipinski definition) is 2. The van der Waals surface area contributed by atoms with Gasteiger partial charge < -0.3 is 15.3 Å². The normalized spacial score (nSPS) is 34.6. The van der Waals surface area contributed by atoms with E-state index in [1.54, 1.807) is 0 Å². The van der Waals surface area contributed by atoms with Crippen molar-refractivity contribution in [3.63, 3.8) is 0 Å². The van der Waals surface area contributed by atoms with Crippen LogP contribution < -0.4 is 5.32 Å². The number of aliphatic hydroxyl groups excluding tert-OH is 1. The summed E-state index contributed by atoms with van der Waals surface area (Å²) in [6.07, 6.45) is 12.2. The first-order valence-corrected chi connectivity index (χ1v) is 9.37. The topological polar surface area (TPSA) is 35.5 Å². The number of likely N-dealkylation sites (tertiary alicyclic amines) is 1. The van der Waals surface area contributed by atoms with Crippen LogP contribution in [0.2, 0.25) is 0 Å². The summed E-state index contributed by atoms with van der Waals surface area (Å²) < 4.78 is 0. The summed E-state index contributed by atoms with van der Waals surface area (Å²) in [7, 11) is 0. The van der Waals surface area contributed by atoms with Gasteiger partial charge in [-0.1, -0.05) is 25.7 Å². The van der Waals surface area contributed by atoms with Gasteiger partial charge >= 0.3 is 0 Å². The van der Waals surface area contributed by atoms with E-state index < -0.39 is 0 Å². The van der Waals surface area contributed by atoms with Crippen LogP contribution in [0.4, 0.5) is 0 Å². The maximum absolute atomic E-state index is 10.1. The number of rotatable bonds is 5. The molecule has 0 aromatic heterocycles. The molecule has 3 atom stereocenters. The van der Waals surface area contributed by atoms with Crippen molar-refractivity contribution in [3.05, 3.63) is 0 Å². The number of piperidine rings is 1. The highest BCUT2D eigenvalue weighted by Gasteiger charge is 2.32. The van der Waals surface area contributed by atoms with E-state index in [9.17, 15) is 5.11 Å². The van der Waals surface area contributed by atoms with Gasteiger partial charge in [0.25, 0.3) is 0 Å². The molecule has 3 nitrogen and oxygen atoms in total. The van der Waals surface area contributed by atoms with E-state index in [2.05, 4.69) is 10.2 Å². The van der Waals surface area contributed by atoms with E-state index in [1.165, 1.54) is 64.5 Å². The minimum Gasteiger partial charge on any atom is -0.393 e. The molecule has 1 saturated heterocycles. The molecule has 1 heterocycles. The van der Waals surface area contributed by atoms with Gasteiger partial charge in [-0.05, 0) is 50.9 Å². The number of nitrogens with zero attached hydrogens (tertiary/aromatic N) is 1. The molecule has 3 rings (SSSR count). The highest BCUT2D eigenvalue weighted by Crippen LogP contribution is 2.29. The van der Waals surface area contributed by atoms with Gasteiger partial charge in [-0.2, -0.15) is 0 Å². The highest BCUT2D eigenvalue weighted by molar-refractivity contribution is 4.89. The van der Waals surface area contributed by atoms with E-state index in [4.69, 9.17) is 0 Å². The molecule has 3 aliphatic rings. The molecule has 0 radical (unpaired) electrons. The van der Waals surface area contributed by atoms with Crippen LogP contribution in [-0.2, 0) is 0 Å². The molecule has 2 aliphatic carbocycles. The zero-order valence-electron chi connectivity index (χ0n) is 13.8. The van der Waals surface area contributed by atoms with Gasteiger partial charge in [-0.15, -0.1) is 0 Å². The lowest BCUT2D eigenvalue weighted by Gasteiger charge is -2.41. The van der Waals surface area contributed by atoms with Crippen molar-refractivity contribution in [2.24, 2.45) is 11.8 Å². The smallest absolute Gasteiger partial charge is 0.0553 e. The zero-order valence-corrected chi connectivity index (χ0v) is 13.8. The SMILES string of the molecule is CC(O)C1CC(NC2CCCC2)CN(CC2CCCC2)C1. The largest absolute Gasteiger partial charge is 0.393 e. The summed E-state index contributed by atoms with van der Waals surface area (Å²) in [5.74, 6) is 1.38. The van der Waals surface area contributed by atoms with Crippen LogP contribution in [0.3, 0.4) is 0 Å². The number of nitrogens with one attached hydrogen (secondary N) is 1. The van der Waals surface area contributed by atoms with Gasteiger partial charge in [0.05, 0.1) is 6.10 Å². The molecule has 0 aromatic rings. The lowest BCUT2D eigenvalue weighted by molar-refractivity contribution is 0.0398. The molecule has 1 aliphatic heterocycles. The third kappa shape index (κ3) is 4.43. The molecule has 3 unspecified atom stereocenters. The molecule has 3 fully saturated rings. The van der Waals surface area contributed by atoms with Crippen LogP contribution in [0.15, 0.2) is 0 Å². The summed E-state index contributed by atoms with van der Waals surface area (Å²) >= 11 is 0. The second kappa shape index (κ2) is 7.43. The van der Waals surface area contributed by atoms with Crippen molar-refractivity contribution in [2.75, 3.05) is 19.6 Å². The maximum atomic E-state index is 10.1. The zero-order chi connectivity index (χ0) is 14.7. The average molecular weight is 294 g/mol. The third-order valence-corrected chi connectivity index (χ3v) is 6.06. The molecule has 0 amide bonds. The molecule has 2 saturated carbocycles. The number of aliphatic hydroxyl groups is 1. The quantitative estimate of drug-likeness (QED) is 0.818. The summed E-state index contributed by atoms with van der Waals surface area (Å²) in [4.78, 5) is 2.66. The lowest BCUT2D eigenvalue weighted by Crippen LogP contribution is -2.54. The standard InChI is InChI=1S/C18H34N2O/c1-14(21)16-10-18(19-17-8-4-5-9-17)13-20(12-16)11-15-6-2-3-7-15/h14-19,21H,2-13H2,1H3. The first-order valence-electron chi connectivity index (χ1n) is 9.37. The van der Waals surface area contributed by atoms with Crippen molar-refractivity contribution in [1.82, 2.24) is 10.2 Å². The first-order chi connectivity index (χ1) is 10.2. The van der Waals surface area contributed by atoms with E-state index in [0.717, 1.165) is 24.9 Å². The summed E-state index contributed by atoms with van der Waals surface area (Å²) in [5.41, 5.74) is 0. The molecule has 3 heteroatoms. The van der Waals surface area contributed by atoms with E-state index in [1.807, 2.05) is 6.92 Å². The minimum absolute atomic E-state index is 0.163. The predicted molar refractivity (Wildman–Crippen MR) is 87.4 cm³/mol. The minimum atomic E-state index is -0.163. The third-order valence-electron chi connectivity index (χ3n) is 6.06. The van der Waals surface area contributed by atoms with Crippen molar-refractivity contribution < 1.29 is 5.11 Å². The fraction of sp³-hybridized carbons (Fsp3) is 1.00. The van der Waals surface area contributed by atoms with Crippen LogP contribution in [0.5, 0.6) is 0 Å². The van der Waals surface area contributed by atoms with Gasteiger partial charge in [-0.25, -0.2) is 0 Å². The summed E-state index contributed by atoms with van der Waals surface area (Å²) in [6.45, 7) is 5.57. The first kappa shape index (κ1) is 15.8. The Bertz CT molecular complexity index is 278. The van der Waals surface area contributed by atoms with Crippen LogP contribution in [0.1, 0.15) is 64.7 Å². The predicted octanol–water partition coefficient (Wildman–Crippen LogP) is 2.78. The monoisotopic (exact) mass is 294 g/mol. The molecule has 0 aromatic carbocycles. The second-order valence-electron chi connectivity index (χ2n) is 7.95. The average Bonchev–Trinajstić information content (AvgIpc) is 3.12. The molecular formula is C18H34N2O. The van der Waals surface area contributed by atoms with Crippen molar-refractivity contribution in [3.8, 4) is 0 Å². The van der Waals surface area contributed by atoms with E-state index in [-0.39, 0.29) is 6.10 Å². The summed E-state index contributed by atoms with van der Waals surface area (Å²) in [6, 6.07) is 1.35. The fourth-order valence-electron chi connectivity index (χ4n) is 4.84. The van der Waals surface area contributed by atoms with Crippen LogP contribution in [-0.4, -0.2) is 47.8 Å².